The summed E-state index contributed by atoms with van der Waals surface area (Å²) in [6, 6.07) is 13.8. The van der Waals surface area contributed by atoms with E-state index in [2.05, 4.69) is 62.9 Å². The molecule has 5 nitrogen and oxygen atoms in total. The SMILES string of the molecule is C=C/C=C(/c1ccc(F)s1)c1cc(-c2n[nH]c3ccc(-c4cncc(NC(=C)C5CCCC5)c4)cc23)[nH]c1C. The van der Waals surface area contributed by atoms with Gasteiger partial charge in [0.25, 0.3) is 0 Å². The summed E-state index contributed by atoms with van der Waals surface area (Å²) >= 11 is 1.12. The molecule has 0 atom stereocenters. The van der Waals surface area contributed by atoms with Gasteiger partial charge in [0.05, 0.1) is 23.1 Å². The Kier molecular flexibility index (Phi) is 6.75. The number of pyridine rings is 1. The van der Waals surface area contributed by atoms with Crippen LogP contribution in [0.3, 0.4) is 0 Å². The van der Waals surface area contributed by atoms with Crippen LogP contribution in [0.4, 0.5) is 10.1 Å². The Morgan fingerprint density at radius 1 is 1.10 bits per heavy atom. The van der Waals surface area contributed by atoms with Gasteiger partial charge >= 0.3 is 0 Å². The zero-order chi connectivity index (χ0) is 26.9. The van der Waals surface area contributed by atoms with Gasteiger partial charge in [-0.2, -0.15) is 9.49 Å². The molecule has 1 aromatic carbocycles. The molecule has 1 saturated carbocycles. The Bertz CT molecular complexity index is 1710. The van der Waals surface area contributed by atoms with Crippen molar-refractivity contribution in [2.24, 2.45) is 5.92 Å². The highest BCUT2D eigenvalue weighted by Crippen LogP contribution is 2.36. The molecule has 39 heavy (non-hydrogen) atoms. The molecule has 0 unspecified atom stereocenters. The fourth-order valence-electron chi connectivity index (χ4n) is 5.47. The van der Waals surface area contributed by atoms with Gasteiger partial charge in [0, 0.05) is 44.6 Å². The summed E-state index contributed by atoms with van der Waals surface area (Å²) in [5.74, 6) is 0.535. The number of H-pyrrole nitrogens is 2. The van der Waals surface area contributed by atoms with Crippen LogP contribution in [0, 0.1) is 18.0 Å². The fraction of sp³-hybridized carbons (Fsp3) is 0.188. The monoisotopic (exact) mass is 535 g/mol. The molecule has 7 heteroatoms. The minimum atomic E-state index is -0.212. The number of nitrogens with one attached hydrogen (secondary N) is 3. The first-order valence-corrected chi connectivity index (χ1v) is 14.0. The van der Waals surface area contributed by atoms with Gasteiger partial charge in [0.2, 0.25) is 0 Å². The van der Waals surface area contributed by atoms with Crippen molar-refractivity contribution >= 4 is 33.5 Å². The van der Waals surface area contributed by atoms with E-state index in [1.807, 2.05) is 31.5 Å². The summed E-state index contributed by atoms with van der Waals surface area (Å²) in [6.07, 6.45) is 12.3. The standard InChI is InChI=1S/C32H30FN5S/c1-4-7-25(30-12-13-31(33)39-30)26-16-29(36-20(26)3)32-27-15-22(10-11-28(27)37-38-32)23-14-24(18-34-17-23)35-19(2)21-8-5-6-9-21/h4,7,10-18,21,35-36H,1-2,5-6,8-9H2,3H3,(H,37,38)/b25-7+. The van der Waals surface area contributed by atoms with E-state index in [0.717, 1.165) is 77.8 Å². The smallest absolute Gasteiger partial charge is 0.176 e. The number of benzene rings is 1. The van der Waals surface area contributed by atoms with Gasteiger partial charge in [-0.1, -0.05) is 44.2 Å². The molecule has 3 N–H and O–H groups in total. The molecule has 0 aliphatic heterocycles. The molecule has 1 aliphatic rings. The number of aryl methyl sites for hydroxylation is 1. The van der Waals surface area contributed by atoms with Crippen LogP contribution in [0.15, 0.2) is 85.9 Å². The molecule has 6 rings (SSSR count). The summed E-state index contributed by atoms with van der Waals surface area (Å²) in [6.45, 7) is 10.2. The Hall–Kier alpha value is -4.23. The van der Waals surface area contributed by atoms with Crippen LogP contribution in [0.5, 0.6) is 0 Å². The lowest BCUT2D eigenvalue weighted by molar-refractivity contribution is 0.649. The topological polar surface area (TPSA) is 69.4 Å². The molecule has 1 fully saturated rings. The highest BCUT2D eigenvalue weighted by Gasteiger charge is 2.19. The number of fused-ring (bicyclic) bond motifs is 1. The zero-order valence-electron chi connectivity index (χ0n) is 21.9. The van der Waals surface area contributed by atoms with Crippen molar-refractivity contribution in [1.82, 2.24) is 20.2 Å². The minimum Gasteiger partial charge on any atom is -0.358 e. The molecule has 1 aliphatic carbocycles. The largest absolute Gasteiger partial charge is 0.358 e. The fourth-order valence-corrected chi connectivity index (χ4v) is 6.24. The van der Waals surface area contributed by atoms with E-state index >= 15 is 0 Å². The first-order chi connectivity index (χ1) is 19.0. The molecule has 0 bridgehead atoms. The third-order valence-electron chi connectivity index (χ3n) is 7.47. The van der Waals surface area contributed by atoms with Crippen LogP contribution in [-0.4, -0.2) is 20.2 Å². The highest BCUT2D eigenvalue weighted by atomic mass is 32.1. The van der Waals surface area contributed by atoms with Crippen LogP contribution in [-0.2, 0) is 0 Å². The number of aromatic nitrogens is 4. The van der Waals surface area contributed by atoms with E-state index in [-0.39, 0.29) is 5.13 Å². The van der Waals surface area contributed by atoms with Gasteiger partial charge in [-0.05, 0) is 67.6 Å². The average molecular weight is 536 g/mol. The van der Waals surface area contributed by atoms with E-state index < -0.39 is 0 Å². The quantitative estimate of drug-likeness (QED) is 0.174. The van der Waals surface area contributed by atoms with Crippen molar-refractivity contribution in [3.63, 3.8) is 0 Å². The molecule has 5 aromatic rings. The van der Waals surface area contributed by atoms with E-state index in [4.69, 9.17) is 0 Å². The number of rotatable bonds is 8. The van der Waals surface area contributed by atoms with Crippen molar-refractivity contribution in [3.8, 4) is 22.5 Å². The third kappa shape index (κ3) is 4.98. The summed E-state index contributed by atoms with van der Waals surface area (Å²) in [7, 11) is 0. The van der Waals surface area contributed by atoms with Crippen molar-refractivity contribution in [2.75, 3.05) is 5.32 Å². The maximum absolute atomic E-state index is 13.8. The number of allylic oxidation sites excluding steroid dienone is 3. The van der Waals surface area contributed by atoms with Gasteiger partial charge in [0.1, 0.15) is 5.69 Å². The van der Waals surface area contributed by atoms with Crippen molar-refractivity contribution in [1.29, 1.82) is 0 Å². The first kappa shape index (κ1) is 25.1. The van der Waals surface area contributed by atoms with Crippen LogP contribution in [0.2, 0.25) is 0 Å². The van der Waals surface area contributed by atoms with Gasteiger partial charge in [-0.25, -0.2) is 0 Å². The molecule has 0 amide bonds. The predicted octanol–water partition coefficient (Wildman–Crippen LogP) is 8.86. The molecule has 4 aromatic heterocycles. The Balaban J connectivity index is 1.33. The van der Waals surface area contributed by atoms with E-state index in [0.29, 0.717) is 5.92 Å². The number of halogens is 1. The second-order valence-corrected chi connectivity index (χ2v) is 11.1. The van der Waals surface area contributed by atoms with Crippen molar-refractivity contribution in [3.05, 3.63) is 107 Å². The summed E-state index contributed by atoms with van der Waals surface area (Å²) in [5, 5.41) is 12.1. The van der Waals surface area contributed by atoms with Crippen LogP contribution < -0.4 is 5.32 Å². The summed E-state index contributed by atoms with van der Waals surface area (Å²) < 4.78 is 13.8. The van der Waals surface area contributed by atoms with Crippen molar-refractivity contribution in [2.45, 2.75) is 32.6 Å². The summed E-state index contributed by atoms with van der Waals surface area (Å²) in [4.78, 5) is 8.84. The Morgan fingerprint density at radius 2 is 1.95 bits per heavy atom. The second-order valence-electron chi connectivity index (χ2n) is 10.1. The maximum Gasteiger partial charge on any atom is 0.176 e. The van der Waals surface area contributed by atoms with Gasteiger partial charge in [-0.3, -0.25) is 10.1 Å². The Morgan fingerprint density at radius 3 is 2.72 bits per heavy atom. The Labute approximate surface area is 231 Å². The number of nitrogens with zero attached hydrogens (tertiary/aromatic N) is 2. The number of thiophene rings is 1. The lowest BCUT2D eigenvalue weighted by Crippen LogP contribution is -2.07. The van der Waals surface area contributed by atoms with E-state index in [9.17, 15) is 4.39 Å². The van der Waals surface area contributed by atoms with Crippen LogP contribution in [0.1, 0.15) is 41.8 Å². The molecule has 0 radical (unpaired) electrons. The van der Waals surface area contributed by atoms with Crippen LogP contribution >= 0.6 is 11.3 Å². The lowest BCUT2D eigenvalue weighted by atomic mass is 10.0. The van der Waals surface area contributed by atoms with Crippen molar-refractivity contribution < 1.29 is 4.39 Å². The van der Waals surface area contributed by atoms with E-state index in [1.165, 1.54) is 31.7 Å². The third-order valence-corrected chi connectivity index (χ3v) is 8.38. The minimum absolute atomic E-state index is 0.212. The lowest BCUT2D eigenvalue weighted by Gasteiger charge is -2.16. The average Bonchev–Trinajstić information content (AvgIpc) is 3.74. The molecule has 196 valence electrons. The van der Waals surface area contributed by atoms with Gasteiger partial charge in [-0.15, -0.1) is 11.3 Å². The molecular formula is C32H30FN5S. The number of hydrogen-bond acceptors (Lipinski definition) is 4. The predicted molar refractivity (Wildman–Crippen MR) is 160 cm³/mol. The maximum atomic E-state index is 13.8. The van der Waals surface area contributed by atoms with Gasteiger partial charge < -0.3 is 10.3 Å². The molecular weight excluding hydrogens is 505 g/mol. The normalized spacial score (nSPS) is 14.3. The molecule has 0 saturated heterocycles. The molecule has 0 spiro atoms. The van der Waals surface area contributed by atoms with Crippen LogP contribution in [0.25, 0.3) is 39.0 Å². The number of hydrogen-bond donors (Lipinski definition) is 3. The number of aromatic amines is 2. The second kappa shape index (κ2) is 10.5. The van der Waals surface area contributed by atoms with E-state index in [1.54, 1.807) is 12.1 Å². The van der Waals surface area contributed by atoms with Gasteiger partial charge in [0.15, 0.2) is 5.13 Å². The zero-order valence-corrected chi connectivity index (χ0v) is 22.7. The highest BCUT2D eigenvalue weighted by molar-refractivity contribution is 7.11. The summed E-state index contributed by atoms with van der Waals surface area (Å²) in [5.41, 5.74) is 9.66. The first-order valence-electron chi connectivity index (χ1n) is 13.2. The number of anilines is 1. The molecule has 4 heterocycles.